The third-order valence-corrected chi connectivity index (χ3v) is 5.56. The van der Waals surface area contributed by atoms with E-state index in [2.05, 4.69) is 11.4 Å². The Morgan fingerprint density at radius 3 is 2.74 bits per heavy atom. The van der Waals surface area contributed by atoms with Crippen molar-refractivity contribution in [1.82, 2.24) is 5.32 Å². The fourth-order valence-electron chi connectivity index (χ4n) is 3.93. The van der Waals surface area contributed by atoms with Crippen molar-refractivity contribution in [3.8, 4) is 5.75 Å². The Kier molecular flexibility index (Phi) is 5.12. The van der Waals surface area contributed by atoms with E-state index in [1.165, 1.54) is 17.7 Å². The van der Waals surface area contributed by atoms with E-state index in [9.17, 15) is 14.3 Å². The minimum atomic E-state index is -0.272. The fraction of sp³-hybridized carbons (Fsp3) is 0.409. The first-order valence-corrected chi connectivity index (χ1v) is 9.56. The SMILES string of the molecule is O=C(CCc1ccc(F)cc1)NC(c1ccc2c(c1)CCO2)C1CC(O)C1. The molecule has 0 spiro atoms. The highest BCUT2D eigenvalue weighted by atomic mass is 19.1. The molecule has 2 aromatic carbocycles. The monoisotopic (exact) mass is 369 g/mol. The van der Waals surface area contributed by atoms with Gasteiger partial charge in [-0.15, -0.1) is 0 Å². The van der Waals surface area contributed by atoms with Gasteiger partial charge in [-0.2, -0.15) is 0 Å². The molecule has 4 nitrogen and oxygen atoms in total. The molecule has 2 aromatic rings. The fourth-order valence-corrected chi connectivity index (χ4v) is 3.93. The Bertz CT molecular complexity index is 815. The van der Waals surface area contributed by atoms with Crippen LogP contribution in [0.15, 0.2) is 42.5 Å². The van der Waals surface area contributed by atoms with E-state index in [0.717, 1.165) is 23.3 Å². The Morgan fingerprint density at radius 1 is 1.22 bits per heavy atom. The average molecular weight is 369 g/mol. The Labute approximate surface area is 158 Å². The first-order chi connectivity index (χ1) is 13.1. The first kappa shape index (κ1) is 18.0. The second kappa shape index (κ2) is 7.69. The topological polar surface area (TPSA) is 58.6 Å². The van der Waals surface area contributed by atoms with Crippen molar-refractivity contribution in [3.63, 3.8) is 0 Å². The molecule has 0 bridgehead atoms. The molecule has 0 radical (unpaired) electrons. The molecule has 142 valence electrons. The lowest BCUT2D eigenvalue weighted by atomic mass is 9.74. The van der Waals surface area contributed by atoms with Gasteiger partial charge in [0, 0.05) is 12.8 Å². The Balaban J connectivity index is 1.43. The lowest BCUT2D eigenvalue weighted by Gasteiger charge is -2.38. The van der Waals surface area contributed by atoms with Crippen molar-refractivity contribution in [1.29, 1.82) is 0 Å². The molecule has 2 N–H and O–H groups in total. The van der Waals surface area contributed by atoms with E-state index < -0.39 is 0 Å². The lowest BCUT2D eigenvalue weighted by molar-refractivity contribution is -0.123. The molecule has 1 aliphatic heterocycles. The zero-order valence-electron chi connectivity index (χ0n) is 15.2. The van der Waals surface area contributed by atoms with Crippen molar-refractivity contribution >= 4 is 5.91 Å². The molecule has 1 saturated carbocycles. The number of rotatable bonds is 6. The van der Waals surface area contributed by atoms with E-state index in [0.29, 0.717) is 32.3 Å². The summed E-state index contributed by atoms with van der Waals surface area (Å²) >= 11 is 0. The molecular weight excluding hydrogens is 345 g/mol. The third kappa shape index (κ3) is 4.14. The number of ether oxygens (including phenoxy) is 1. The van der Waals surface area contributed by atoms with Crippen LogP contribution in [-0.4, -0.2) is 23.7 Å². The zero-order chi connectivity index (χ0) is 18.8. The summed E-state index contributed by atoms with van der Waals surface area (Å²) in [6.45, 7) is 0.704. The molecule has 2 aliphatic rings. The van der Waals surface area contributed by atoms with Gasteiger partial charge in [-0.1, -0.05) is 18.2 Å². The van der Waals surface area contributed by atoms with Gasteiger partial charge in [0.15, 0.2) is 0 Å². The largest absolute Gasteiger partial charge is 0.493 e. The van der Waals surface area contributed by atoms with Crippen LogP contribution < -0.4 is 10.1 Å². The molecule has 1 aliphatic carbocycles. The van der Waals surface area contributed by atoms with Gasteiger partial charge in [0.05, 0.1) is 18.8 Å². The van der Waals surface area contributed by atoms with Crippen LogP contribution in [0.1, 0.15) is 42.0 Å². The summed E-state index contributed by atoms with van der Waals surface area (Å²) in [5.74, 6) is 0.874. The highest BCUT2D eigenvalue weighted by Gasteiger charge is 2.36. The summed E-state index contributed by atoms with van der Waals surface area (Å²) in [5, 5.41) is 12.9. The Morgan fingerprint density at radius 2 is 2.00 bits per heavy atom. The van der Waals surface area contributed by atoms with Crippen LogP contribution in [0.5, 0.6) is 5.75 Å². The summed E-state index contributed by atoms with van der Waals surface area (Å²) in [6.07, 6.45) is 2.95. The minimum absolute atomic E-state index is 0.0255. The predicted molar refractivity (Wildman–Crippen MR) is 100.0 cm³/mol. The van der Waals surface area contributed by atoms with Crippen molar-refractivity contribution in [3.05, 3.63) is 65.0 Å². The van der Waals surface area contributed by atoms with Gasteiger partial charge in [-0.25, -0.2) is 4.39 Å². The number of carbonyl (C=O) groups is 1. The van der Waals surface area contributed by atoms with Gasteiger partial charge >= 0.3 is 0 Å². The van der Waals surface area contributed by atoms with Gasteiger partial charge in [-0.3, -0.25) is 4.79 Å². The summed E-state index contributed by atoms with van der Waals surface area (Å²) in [7, 11) is 0. The normalized spacial score (nSPS) is 21.7. The van der Waals surface area contributed by atoms with Gasteiger partial charge in [0.1, 0.15) is 11.6 Å². The highest BCUT2D eigenvalue weighted by Crippen LogP contribution is 2.39. The number of aliphatic hydroxyl groups excluding tert-OH is 1. The third-order valence-electron chi connectivity index (χ3n) is 5.56. The summed E-state index contributed by atoms with van der Waals surface area (Å²) in [5.41, 5.74) is 3.20. The van der Waals surface area contributed by atoms with Crippen LogP contribution in [0.2, 0.25) is 0 Å². The number of aryl methyl sites for hydroxylation is 1. The first-order valence-electron chi connectivity index (χ1n) is 9.56. The van der Waals surface area contributed by atoms with E-state index in [4.69, 9.17) is 4.74 Å². The van der Waals surface area contributed by atoms with Crippen molar-refractivity contribution in [2.24, 2.45) is 5.92 Å². The number of aliphatic hydroxyl groups is 1. The molecule has 1 unspecified atom stereocenters. The van der Waals surface area contributed by atoms with Crippen LogP contribution in [0.3, 0.4) is 0 Å². The summed E-state index contributed by atoms with van der Waals surface area (Å²) < 4.78 is 18.6. The molecule has 27 heavy (non-hydrogen) atoms. The predicted octanol–water partition coefficient (Wildman–Crippen LogP) is 3.32. The number of hydrogen-bond acceptors (Lipinski definition) is 3. The molecule has 0 aromatic heterocycles. The number of carbonyl (C=O) groups excluding carboxylic acids is 1. The van der Waals surface area contributed by atoms with Crippen LogP contribution in [0.25, 0.3) is 0 Å². The van der Waals surface area contributed by atoms with Gasteiger partial charge in [0.2, 0.25) is 5.91 Å². The average Bonchev–Trinajstić information content (AvgIpc) is 3.11. The summed E-state index contributed by atoms with van der Waals surface area (Å²) in [6, 6.07) is 12.3. The van der Waals surface area contributed by atoms with E-state index in [-0.39, 0.29) is 29.8 Å². The molecule has 1 amide bonds. The second-order valence-corrected chi connectivity index (χ2v) is 7.52. The van der Waals surface area contributed by atoms with Gasteiger partial charge in [0.25, 0.3) is 0 Å². The maximum atomic E-state index is 13.0. The Hall–Kier alpha value is -2.40. The van der Waals surface area contributed by atoms with E-state index in [1.54, 1.807) is 12.1 Å². The lowest BCUT2D eigenvalue weighted by Crippen LogP contribution is -2.41. The van der Waals surface area contributed by atoms with E-state index in [1.807, 2.05) is 12.1 Å². The number of amides is 1. The second-order valence-electron chi connectivity index (χ2n) is 7.52. The molecule has 1 heterocycles. The number of hydrogen-bond donors (Lipinski definition) is 2. The van der Waals surface area contributed by atoms with Crippen LogP contribution in [0, 0.1) is 11.7 Å². The van der Waals surface area contributed by atoms with E-state index >= 15 is 0 Å². The highest BCUT2D eigenvalue weighted by molar-refractivity contribution is 5.76. The number of halogens is 1. The number of fused-ring (bicyclic) bond motifs is 1. The maximum Gasteiger partial charge on any atom is 0.220 e. The van der Waals surface area contributed by atoms with Crippen LogP contribution in [0.4, 0.5) is 4.39 Å². The molecule has 0 saturated heterocycles. The van der Waals surface area contributed by atoms with Gasteiger partial charge < -0.3 is 15.2 Å². The van der Waals surface area contributed by atoms with Crippen molar-refractivity contribution in [2.75, 3.05) is 6.61 Å². The molecule has 4 rings (SSSR count). The molecule has 1 fully saturated rings. The van der Waals surface area contributed by atoms with Gasteiger partial charge in [-0.05, 0) is 66.1 Å². The summed E-state index contributed by atoms with van der Waals surface area (Å²) in [4.78, 5) is 12.6. The minimum Gasteiger partial charge on any atom is -0.493 e. The smallest absolute Gasteiger partial charge is 0.220 e. The van der Waals surface area contributed by atoms with Crippen molar-refractivity contribution < 1.29 is 19.0 Å². The molecule has 5 heteroatoms. The standard InChI is InChI=1S/C22H24FNO3/c23-18-5-1-14(2-6-18)3-8-21(26)24-22(17-12-19(25)13-17)16-4-7-20-15(11-16)9-10-27-20/h1-2,4-7,11,17,19,22,25H,3,8-10,12-13H2,(H,24,26). The van der Waals surface area contributed by atoms with Crippen molar-refractivity contribution in [2.45, 2.75) is 44.2 Å². The molecular formula is C22H24FNO3. The van der Waals surface area contributed by atoms with Crippen LogP contribution >= 0.6 is 0 Å². The number of benzene rings is 2. The zero-order valence-corrected chi connectivity index (χ0v) is 15.2. The maximum absolute atomic E-state index is 13.0. The molecule has 1 atom stereocenters. The van der Waals surface area contributed by atoms with Crippen LogP contribution in [-0.2, 0) is 17.6 Å². The quantitative estimate of drug-likeness (QED) is 0.821. The number of nitrogens with one attached hydrogen (secondary N) is 1.